The first-order valence-corrected chi connectivity index (χ1v) is 5.38. The van der Waals surface area contributed by atoms with Gasteiger partial charge in [-0.25, -0.2) is 4.79 Å². The molecular formula is C10H9NO3S. The standard InChI is InChI=1S/C10H9NO3S/c1-2-14-10(13)6-5-15-9-7(12)3-4-11-8(6)9/h3-5H,2H2,1H3,(H,11,12). The van der Waals surface area contributed by atoms with Crippen LogP contribution >= 0.6 is 11.3 Å². The molecule has 0 bridgehead atoms. The molecule has 0 radical (unpaired) electrons. The maximum atomic E-state index is 11.5. The van der Waals surface area contributed by atoms with Crippen molar-refractivity contribution in [2.75, 3.05) is 6.61 Å². The van der Waals surface area contributed by atoms with Crippen LogP contribution in [0.1, 0.15) is 17.3 Å². The lowest BCUT2D eigenvalue weighted by atomic mass is 10.2. The van der Waals surface area contributed by atoms with Crippen molar-refractivity contribution in [3.8, 4) is 0 Å². The summed E-state index contributed by atoms with van der Waals surface area (Å²) in [7, 11) is 0. The Morgan fingerprint density at radius 1 is 1.60 bits per heavy atom. The highest BCUT2D eigenvalue weighted by Crippen LogP contribution is 2.21. The van der Waals surface area contributed by atoms with E-state index < -0.39 is 5.97 Å². The van der Waals surface area contributed by atoms with E-state index in [9.17, 15) is 9.59 Å². The highest BCUT2D eigenvalue weighted by Gasteiger charge is 2.14. The largest absolute Gasteiger partial charge is 0.462 e. The maximum absolute atomic E-state index is 11.5. The minimum atomic E-state index is -0.398. The number of ether oxygens (including phenoxy) is 1. The van der Waals surface area contributed by atoms with Gasteiger partial charge < -0.3 is 9.72 Å². The second-order valence-corrected chi connectivity index (χ2v) is 3.80. The van der Waals surface area contributed by atoms with Crippen LogP contribution in [0.15, 0.2) is 22.4 Å². The molecule has 0 aliphatic rings. The highest BCUT2D eigenvalue weighted by atomic mass is 32.1. The van der Waals surface area contributed by atoms with E-state index in [-0.39, 0.29) is 5.43 Å². The first kappa shape index (κ1) is 9.92. The molecule has 5 heteroatoms. The molecule has 0 saturated heterocycles. The molecular weight excluding hydrogens is 214 g/mol. The lowest BCUT2D eigenvalue weighted by molar-refractivity contribution is 0.0529. The maximum Gasteiger partial charge on any atom is 0.341 e. The van der Waals surface area contributed by atoms with Crippen LogP contribution in [0.2, 0.25) is 0 Å². The van der Waals surface area contributed by atoms with Crippen LogP contribution in [0, 0.1) is 0 Å². The van der Waals surface area contributed by atoms with Gasteiger partial charge >= 0.3 is 5.97 Å². The van der Waals surface area contributed by atoms with Crippen molar-refractivity contribution in [2.24, 2.45) is 0 Å². The van der Waals surface area contributed by atoms with Gasteiger partial charge in [0.15, 0.2) is 5.43 Å². The first-order chi connectivity index (χ1) is 7.24. The summed E-state index contributed by atoms with van der Waals surface area (Å²) in [6.07, 6.45) is 1.53. The Morgan fingerprint density at radius 3 is 3.13 bits per heavy atom. The van der Waals surface area contributed by atoms with E-state index in [1.807, 2.05) is 0 Å². The number of nitrogens with one attached hydrogen (secondary N) is 1. The number of fused-ring (bicyclic) bond motifs is 1. The third-order valence-corrected chi connectivity index (χ3v) is 2.97. The molecule has 0 amide bonds. The fourth-order valence-corrected chi connectivity index (χ4v) is 2.24. The van der Waals surface area contributed by atoms with E-state index in [1.54, 1.807) is 12.3 Å². The normalized spacial score (nSPS) is 10.5. The number of hydrogen-bond acceptors (Lipinski definition) is 4. The predicted molar refractivity (Wildman–Crippen MR) is 58.4 cm³/mol. The molecule has 0 unspecified atom stereocenters. The summed E-state index contributed by atoms with van der Waals surface area (Å²) in [4.78, 5) is 25.8. The lowest BCUT2D eigenvalue weighted by Gasteiger charge is -1.98. The second kappa shape index (κ2) is 3.86. The van der Waals surface area contributed by atoms with E-state index >= 15 is 0 Å². The number of thiophene rings is 1. The number of pyridine rings is 1. The average Bonchev–Trinajstić information content (AvgIpc) is 2.63. The number of rotatable bonds is 2. The van der Waals surface area contributed by atoms with E-state index in [1.165, 1.54) is 23.6 Å². The monoisotopic (exact) mass is 223 g/mol. The van der Waals surface area contributed by atoms with E-state index in [2.05, 4.69) is 4.98 Å². The van der Waals surface area contributed by atoms with Crippen molar-refractivity contribution < 1.29 is 9.53 Å². The highest BCUT2D eigenvalue weighted by molar-refractivity contribution is 7.17. The van der Waals surface area contributed by atoms with Gasteiger partial charge in [0, 0.05) is 17.6 Å². The van der Waals surface area contributed by atoms with E-state index in [0.29, 0.717) is 22.4 Å². The summed E-state index contributed by atoms with van der Waals surface area (Å²) in [5.74, 6) is -0.398. The Hall–Kier alpha value is -1.62. The average molecular weight is 223 g/mol. The second-order valence-electron chi connectivity index (χ2n) is 2.92. The number of hydrogen-bond donors (Lipinski definition) is 1. The summed E-state index contributed by atoms with van der Waals surface area (Å²) in [6, 6.07) is 1.44. The molecule has 0 saturated carbocycles. The van der Waals surface area contributed by atoms with Crippen LogP contribution in [-0.4, -0.2) is 17.6 Å². The van der Waals surface area contributed by atoms with Crippen molar-refractivity contribution in [1.29, 1.82) is 0 Å². The molecule has 15 heavy (non-hydrogen) atoms. The van der Waals surface area contributed by atoms with Gasteiger partial charge in [-0.1, -0.05) is 0 Å². The van der Waals surface area contributed by atoms with E-state index in [0.717, 1.165) is 0 Å². The van der Waals surface area contributed by atoms with Crippen LogP contribution in [0.3, 0.4) is 0 Å². The van der Waals surface area contributed by atoms with Crippen molar-refractivity contribution in [1.82, 2.24) is 4.98 Å². The predicted octanol–water partition coefficient (Wildman–Crippen LogP) is 1.77. The SMILES string of the molecule is CCOC(=O)c1csc2c(=O)cc[nH]c12. The zero-order valence-corrected chi connectivity index (χ0v) is 8.89. The number of aromatic amines is 1. The summed E-state index contributed by atoms with van der Waals surface area (Å²) < 4.78 is 5.44. The topological polar surface area (TPSA) is 59.2 Å². The third-order valence-electron chi connectivity index (χ3n) is 1.97. The Labute approximate surface area is 89.5 Å². The first-order valence-electron chi connectivity index (χ1n) is 4.50. The Kier molecular flexibility index (Phi) is 2.55. The summed E-state index contributed by atoms with van der Waals surface area (Å²) in [5.41, 5.74) is 0.907. The van der Waals surface area contributed by atoms with Gasteiger partial charge in [0.2, 0.25) is 0 Å². The van der Waals surface area contributed by atoms with Crippen LogP contribution in [0.4, 0.5) is 0 Å². The Morgan fingerprint density at radius 2 is 2.40 bits per heavy atom. The van der Waals surface area contributed by atoms with Crippen LogP contribution in [0.5, 0.6) is 0 Å². The summed E-state index contributed by atoms with van der Waals surface area (Å²) in [5, 5.41) is 1.64. The molecule has 0 fully saturated rings. The number of aromatic nitrogens is 1. The zero-order valence-electron chi connectivity index (χ0n) is 8.07. The van der Waals surface area contributed by atoms with Gasteiger partial charge in [0.25, 0.3) is 0 Å². The van der Waals surface area contributed by atoms with Crippen molar-refractivity contribution >= 4 is 27.5 Å². The Bertz CT molecular complexity index is 555. The number of H-pyrrole nitrogens is 1. The molecule has 0 atom stereocenters. The number of carbonyl (C=O) groups is 1. The zero-order chi connectivity index (χ0) is 10.8. The van der Waals surface area contributed by atoms with Crippen LogP contribution in [-0.2, 0) is 4.74 Å². The van der Waals surface area contributed by atoms with Gasteiger partial charge in [-0.3, -0.25) is 4.79 Å². The molecule has 4 nitrogen and oxygen atoms in total. The minimum absolute atomic E-state index is 0.0794. The lowest BCUT2D eigenvalue weighted by Crippen LogP contribution is -2.05. The van der Waals surface area contributed by atoms with Crippen molar-refractivity contribution in [2.45, 2.75) is 6.92 Å². The number of esters is 1. The molecule has 2 aromatic heterocycles. The fraction of sp³-hybridized carbons (Fsp3) is 0.200. The van der Waals surface area contributed by atoms with Crippen LogP contribution in [0.25, 0.3) is 10.2 Å². The number of carbonyl (C=O) groups excluding carboxylic acids is 1. The van der Waals surface area contributed by atoms with Gasteiger partial charge in [-0.05, 0) is 6.92 Å². The van der Waals surface area contributed by atoms with Gasteiger partial charge in [0.05, 0.1) is 22.4 Å². The molecule has 2 aromatic rings. The van der Waals surface area contributed by atoms with Gasteiger partial charge in [-0.2, -0.15) is 0 Å². The third kappa shape index (κ3) is 1.66. The molecule has 2 rings (SSSR count). The van der Waals surface area contributed by atoms with Crippen molar-refractivity contribution in [3.63, 3.8) is 0 Å². The molecule has 2 heterocycles. The van der Waals surface area contributed by atoms with Crippen molar-refractivity contribution in [3.05, 3.63) is 33.4 Å². The smallest absolute Gasteiger partial charge is 0.341 e. The van der Waals surface area contributed by atoms with Gasteiger partial charge in [0.1, 0.15) is 0 Å². The molecule has 0 aliphatic carbocycles. The van der Waals surface area contributed by atoms with Gasteiger partial charge in [-0.15, -0.1) is 11.3 Å². The molecule has 78 valence electrons. The van der Waals surface area contributed by atoms with E-state index in [4.69, 9.17) is 4.74 Å². The summed E-state index contributed by atoms with van der Waals surface area (Å²) >= 11 is 1.25. The quantitative estimate of drug-likeness (QED) is 0.789. The fourth-order valence-electron chi connectivity index (χ4n) is 1.32. The van der Waals surface area contributed by atoms with Crippen LogP contribution < -0.4 is 5.43 Å². The molecule has 1 N–H and O–H groups in total. The Balaban J connectivity index is 2.59. The molecule has 0 aliphatic heterocycles. The summed E-state index contributed by atoms with van der Waals surface area (Å²) in [6.45, 7) is 2.07. The minimum Gasteiger partial charge on any atom is -0.462 e. The molecule has 0 spiro atoms. The molecule has 0 aromatic carbocycles.